The number of benzene rings is 3. The SMILES string of the molecule is O=C(Nc1ccc(Cl)c(-c2nc3ncccc3o2)c1)c1ccc(-c2cc3ccccc3oc2=O)cc1. The molecule has 0 saturated carbocycles. The first-order chi connectivity index (χ1) is 17.5. The molecule has 0 saturated heterocycles. The number of fused-ring (bicyclic) bond motifs is 2. The molecule has 3 aromatic heterocycles. The third-order valence-corrected chi connectivity index (χ3v) is 6.05. The molecule has 0 unspecified atom stereocenters. The van der Waals surface area contributed by atoms with Crippen molar-refractivity contribution in [3.8, 4) is 22.6 Å². The number of carbonyl (C=O) groups is 1. The number of oxazole rings is 1. The topological polar surface area (TPSA) is 98.2 Å². The van der Waals surface area contributed by atoms with E-state index in [2.05, 4.69) is 15.3 Å². The van der Waals surface area contributed by atoms with Crippen LogP contribution in [0.5, 0.6) is 0 Å². The van der Waals surface area contributed by atoms with Crippen molar-refractivity contribution in [3.63, 3.8) is 0 Å². The van der Waals surface area contributed by atoms with Gasteiger partial charge >= 0.3 is 5.63 Å². The molecule has 36 heavy (non-hydrogen) atoms. The van der Waals surface area contributed by atoms with Gasteiger partial charge in [0.05, 0.1) is 16.1 Å². The average molecular weight is 494 g/mol. The monoisotopic (exact) mass is 493 g/mol. The number of halogens is 1. The molecule has 0 aliphatic rings. The van der Waals surface area contributed by atoms with Crippen molar-refractivity contribution in [2.75, 3.05) is 5.32 Å². The Morgan fingerprint density at radius 1 is 0.833 bits per heavy atom. The van der Waals surface area contributed by atoms with Gasteiger partial charge in [0.25, 0.3) is 5.91 Å². The summed E-state index contributed by atoms with van der Waals surface area (Å²) in [5.74, 6) is -0.0111. The van der Waals surface area contributed by atoms with Gasteiger partial charge in [-0.05, 0) is 60.2 Å². The van der Waals surface area contributed by atoms with Gasteiger partial charge in [0.15, 0.2) is 11.2 Å². The molecule has 0 aliphatic heterocycles. The van der Waals surface area contributed by atoms with Crippen LogP contribution in [0.1, 0.15) is 10.4 Å². The number of amides is 1. The van der Waals surface area contributed by atoms with E-state index in [-0.39, 0.29) is 5.91 Å². The molecule has 0 atom stereocenters. The standard InChI is InChI=1S/C28H16ClN3O4/c29-22-12-11-19(15-21(22)27-32-25-24(35-27)6-3-13-30-25)31-26(33)17-9-7-16(8-10-17)20-14-18-4-1-2-5-23(18)36-28(20)34/h1-15H,(H,31,33). The van der Waals surface area contributed by atoms with E-state index in [0.717, 1.165) is 5.39 Å². The molecule has 0 aliphatic carbocycles. The van der Waals surface area contributed by atoms with Gasteiger partial charge in [0.1, 0.15) is 5.58 Å². The Labute approximate surface area is 209 Å². The van der Waals surface area contributed by atoms with Gasteiger partial charge in [-0.25, -0.2) is 9.78 Å². The second-order valence-electron chi connectivity index (χ2n) is 8.06. The maximum absolute atomic E-state index is 12.9. The first kappa shape index (κ1) is 21.8. The van der Waals surface area contributed by atoms with Crippen LogP contribution in [0.15, 0.2) is 105 Å². The maximum atomic E-state index is 12.9. The van der Waals surface area contributed by atoms with Crippen molar-refractivity contribution in [1.82, 2.24) is 9.97 Å². The smallest absolute Gasteiger partial charge is 0.344 e. The highest BCUT2D eigenvalue weighted by Crippen LogP contribution is 2.32. The van der Waals surface area contributed by atoms with Gasteiger partial charge in [0, 0.05) is 22.8 Å². The minimum Gasteiger partial charge on any atom is -0.434 e. The fourth-order valence-electron chi connectivity index (χ4n) is 3.92. The van der Waals surface area contributed by atoms with Gasteiger partial charge in [0.2, 0.25) is 5.89 Å². The lowest BCUT2D eigenvalue weighted by molar-refractivity contribution is 0.102. The number of pyridine rings is 1. The number of para-hydroxylation sites is 1. The minimum absolute atomic E-state index is 0.309. The van der Waals surface area contributed by atoms with Crippen molar-refractivity contribution in [2.24, 2.45) is 0 Å². The molecular weight excluding hydrogens is 478 g/mol. The van der Waals surface area contributed by atoms with Crippen LogP contribution in [-0.2, 0) is 0 Å². The number of carbonyl (C=O) groups excluding carboxylic acids is 1. The fraction of sp³-hybridized carbons (Fsp3) is 0. The zero-order valence-corrected chi connectivity index (χ0v) is 19.3. The normalized spacial score (nSPS) is 11.1. The summed E-state index contributed by atoms with van der Waals surface area (Å²) < 4.78 is 11.2. The molecule has 1 amide bonds. The Balaban J connectivity index is 1.25. The van der Waals surface area contributed by atoms with Crippen LogP contribution in [0.4, 0.5) is 5.69 Å². The van der Waals surface area contributed by atoms with Crippen molar-refractivity contribution in [2.45, 2.75) is 0 Å². The lowest BCUT2D eigenvalue weighted by Gasteiger charge is -2.08. The van der Waals surface area contributed by atoms with Crippen LogP contribution in [-0.4, -0.2) is 15.9 Å². The van der Waals surface area contributed by atoms with Crippen LogP contribution in [0.3, 0.4) is 0 Å². The lowest BCUT2D eigenvalue weighted by atomic mass is 10.0. The average Bonchev–Trinajstić information content (AvgIpc) is 3.33. The third kappa shape index (κ3) is 4.01. The summed E-state index contributed by atoms with van der Waals surface area (Å²) in [4.78, 5) is 33.9. The van der Waals surface area contributed by atoms with Crippen LogP contribution >= 0.6 is 11.6 Å². The van der Waals surface area contributed by atoms with Crippen LogP contribution in [0.25, 0.3) is 44.8 Å². The maximum Gasteiger partial charge on any atom is 0.344 e. The first-order valence-corrected chi connectivity index (χ1v) is 11.4. The fourth-order valence-corrected chi connectivity index (χ4v) is 4.12. The summed E-state index contributed by atoms with van der Waals surface area (Å²) in [7, 11) is 0. The number of anilines is 1. The molecule has 3 heterocycles. The van der Waals surface area contributed by atoms with Crippen LogP contribution in [0.2, 0.25) is 5.02 Å². The van der Waals surface area contributed by atoms with Gasteiger partial charge < -0.3 is 14.2 Å². The molecule has 0 radical (unpaired) electrons. The summed E-state index contributed by atoms with van der Waals surface area (Å²) in [6.45, 7) is 0. The highest BCUT2D eigenvalue weighted by atomic mass is 35.5. The van der Waals surface area contributed by atoms with Gasteiger partial charge in [-0.2, -0.15) is 4.98 Å². The van der Waals surface area contributed by atoms with Crippen LogP contribution < -0.4 is 10.9 Å². The van der Waals surface area contributed by atoms with E-state index >= 15 is 0 Å². The largest absolute Gasteiger partial charge is 0.434 e. The Morgan fingerprint density at radius 3 is 2.47 bits per heavy atom. The summed E-state index contributed by atoms with van der Waals surface area (Å²) in [5.41, 5.74) is 3.66. The Kier molecular flexibility index (Phi) is 5.32. The third-order valence-electron chi connectivity index (χ3n) is 5.72. The van der Waals surface area contributed by atoms with Gasteiger partial charge in [-0.1, -0.05) is 41.9 Å². The predicted molar refractivity (Wildman–Crippen MR) is 138 cm³/mol. The molecule has 0 spiro atoms. The quantitative estimate of drug-likeness (QED) is 0.279. The second kappa shape index (κ2) is 8.79. The number of aromatic nitrogens is 2. The number of rotatable bonds is 4. The zero-order chi connectivity index (χ0) is 24.6. The summed E-state index contributed by atoms with van der Waals surface area (Å²) in [6.07, 6.45) is 1.63. The second-order valence-corrected chi connectivity index (χ2v) is 8.46. The van der Waals surface area contributed by atoms with Gasteiger partial charge in [-0.15, -0.1) is 0 Å². The number of hydrogen-bond acceptors (Lipinski definition) is 6. The molecule has 1 N–H and O–H groups in total. The molecule has 8 heteroatoms. The van der Waals surface area contributed by atoms with E-state index in [1.54, 1.807) is 72.9 Å². The molecular formula is C28H16ClN3O4. The highest BCUT2D eigenvalue weighted by Gasteiger charge is 2.15. The Bertz CT molecular complexity index is 1790. The number of hydrogen-bond donors (Lipinski definition) is 1. The van der Waals surface area contributed by atoms with E-state index in [4.69, 9.17) is 20.4 Å². The van der Waals surface area contributed by atoms with Crippen molar-refractivity contribution >= 4 is 45.4 Å². The van der Waals surface area contributed by atoms with E-state index in [1.807, 2.05) is 18.2 Å². The molecule has 174 valence electrons. The molecule has 3 aromatic carbocycles. The highest BCUT2D eigenvalue weighted by molar-refractivity contribution is 6.33. The molecule has 7 nitrogen and oxygen atoms in total. The summed E-state index contributed by atoms with van der Waals surface area (Å²) in [5, 5.41) is 4.11. The van der Waals surface area contributed by atoms with Crippen molar-refractivity contribution in [1.29, 1.82) is 0 Å². The zero-order valence-electron chi connectivity index (χ0n) is 18.6. The van der Waals surface area contributed by atoms with E-state index in [0.29, 0.717) is 55.7 Å². The molecule has 0 fully saturated rings. The summed E-state index contributed by atoms with van der Waals surface area (Å²) >= 11 is 6.37. The summed E-state index contributed by atoms with van der Waals surface area (Å²) in [6, 6.07) is 24.4. The molecule has 6 rings (SSSR count). The molecule has 0 bridgehead atoms. The van der Waals surface area contributed by atoms with Crippen molar-refractivity contribution in [3.05, 3.63) is 112 Å². The van der Waals surface area contributed by atoms with Crippen LogP contribution in [0, 0.1) is 0 Å². The minimum atomic E-state index is -0.436. The van der Waals surface area contributed by atoms with Crippen molar-refractivity contribution < 1.29 is 13.6 Å². The van der Waals surface area contributed by atoms with E-state index in [9.17, 15) is 9.59 Å². The lowest BCUT2D eigenvalue weighted by Crippen LogP contribution is -2.12. The number of nitrogens with zero attached hydrogens (tertiary/aromatic N) is 2. The van der Waals surface area contributed by atoms with E-state index < -0.39 is 5.63 Å². The first-order valence-electron chi connectivity index (χ1n) is 11.0. The van der Waals surface area contributed by atoms with Gasteiger partial charge in [-0.3, -0.25) is 4.79 Å². The predicted octanol–water partition coefficient (Wildman–Crippen LogP) is 6.57. The molecule has 6 aromatic rings. The Hall–Kier alpha value is -4.75. The van der Waals surface area contributed by atoms with E-state index in [1.165, 1.54) is 0 Å². The number of nitrogens with one attached hydrogen (secondary N) is 1. The Morgan fingerprint density at radius 2 is 1.64 bits per heavy atom.